The lowest BCUT2D eigenvalue weighted by molar-refractivity contribution is 0.283. The largest absolute Gasteiger partial charge is 0.493 e. The highest BCUT2D eigenvalue weighted by Crippen LogP contribution is 2.35. The summed E-state index contributed by atoms with van der Waals surface area (Å²) in [5.74, 6) is 1.11. The van der Waals surface area contributed by atoms with E-state index >= 15 is 0 Å². The molecule has 0 atom stereocenters. The lowest BCUT2D eigenvalue weighted by Gasteiger charge is -2.15. The highest BCUT2D eigenvalue weighted by molar-refractivity contribution is 6.36. The third-order valence-corrected chi connectivity index (χ3v) is 4.90. The number of aliphatic hydroxyl groups is 1. The van der Waals surface area contributed by atoms with Crippen LogP contribution in [0.25, 0.3) is 0 Å². The van der Waals surface area contributed by atoms with Gasteiger partial charge in [-0.1, -0.05) is 40.9 Å². The number of methoxy groups -OCH3 is 1. The second-order valence-corrected chi connectivity index (χ2v) is 6.91. The van der Waals surface area contributed by atoms with Gasteiger partial charge < -0.3 is 19.9 Å². The van der Waals surface area contributed by atoms with Crippen molar-refractivity contribution in [2.45, 2.75) is 26.0 Å². The van der Waals surface area contributed by atoms with Crippen molar-refractivity contribution >= 4 is 34.8 Å². The molecule has 0 aromatic heterocycles. The van der Waals surface area contributed by atoms with E-state index in [0.717, 1.165) is 24.9 Å². The van der Waals surface area contributed by atoms with Crippen LogP contribution in [0.2, 0.25) is 15.1 Å². The van der Waals surface area contributed by atoms with Crippen molar-refractivity contribution < 1.29 is 14.6 Å². The maximum atomic E-state index is 8.80. The Labute approximate surface area is 169 Å². The monoisotopic (exact) mass is 417 g/mol. The number of hydrogen-bond donors (Lipinski definition) is 2. The van der Waals surface area contributed by atoms with Crippen LogP contribution in [0.4, 0.5) is 0 Å². The zero-order chi connectivity index (χ0) is 18.9. The molecule has 2 N–H and O–H groups in total. The fraction of sp³-hybridized carbons (Fsp3) is 0.368. The lowest BCUT2D eigenvalue weighted by atomic mass is 10.2. The van der Waals surface area contributed by atoms with E-state index in [1.807, 2.05) is 6.07 Å². The Morgan fingerprint density at radius 1 is 1.00 bits per heavy atom. The van der Waals surface area contributed by atoms with E-state index in [0.29, 0.717) is 38.7 Å². The smallest absolute Gasteiger partial charge is 0.163 e. The normalized spacial score (nSPS) is 10.8. The zero-order valence-corrected chi connectivity index (χ0v) is 16.8. The van der Waals surface area contributed by atoms with Gasteiger partial charge in [0, 0.05) is 39.8 Å². The average molecular weight is 419 g/mol. The van der Waals surface area contributed by atoms with Crippen LogP contribution in [0.3, 0.4) is 0 Å². The third kappa shape index (κ3) is 5.93. The summed E-state index contributed by atoms with van der Waals surface area (Å²) in [6.07, 6.45) is 1.69. The quantitative estimate of drug-likeness (QED) is 0.527. The van der Waals surface area contributed by atoms with Crippen LogP contribution in [-0.2, 0) is 13.2 Å². The standard InChI is InChI=1S/C19H22Cl3NO3/c1-25-18-9-13(11-23-7-2-3-8-24)17(22)10-19(18)26-12-14-15(20)5-4-6-16(14)21/h4-6,9-10,23-24H,2-3,7-8,11-12H2,1H3. The van der Waals surface area contributed by atoms with Crippen molar-refractivity contribution in [1.29, 1.82) is 0 Å². The van der Waals surface area contributed by atoms with Crippen LogP contribution >= 0.6 is 34.8 Å². The number of benzene rings is 2. The SMILES string of the molecule is COc1cc(CNCCCCO)c(Cl)cc1OCc1c(Cl)cccc1Cl. The predicted octanol–water partition coefficient (Wildman–Crippen LogP) is 5.10. The van der Waals surface area contributed by atoms with Gasteiger partial charge in [-0.05, 0) is 43.1 Å². The van der Waals surface area contributed by atoms with E-state index in [1.54, 1.807) is 31.4 Å². The number of aliphatic hydroxyl groups excluding tert-OH is 1. The second-order valence-electron chi connectivity index (χ2n) is 5.69. The minimum atomic E-state index is 0.206. The summed E-state index contributed by atoms with van der Waals surface area (Å²) in [5, 5.41) is 13.8. The molecule has 0 spiro atoms. The second kappa shape index (κ2) is 10.9. The highest BCUT2D eigenvalue weighted by atomic mass is 35.5. The Morgan fingerprint density at radius 2 is 1.73 bits per heavy atom. The first-order valence-corrected chi connectivity index (χ1v) is 9.44. The lowest BCUT2D eigenvalue weighted by Crippen LogP contribution is -2.15. The van der Waals surface area contributed by atoms with Gasteiger partial charge in [-0.15, -0.1) is 0 Å². The number of rotatable bonds is 10. The maximum Gasteiger partial charge on any atom is 0.163 e. The fourth-order valence-electron chi connectivity index (χ4n) is 2.39. The van der Waals surface area contributed by atoms with E-state index in [-0.39, 0.29) is 13.2 Å². The molecular formula is C19H22Cl3NO3. The number of halogens is 3. The predicted molar refractivity (Wildman–Crippen MR) is 107 cm³/mol. The maximum absolute atomic E-state index is 8.80. The Balaban J connectivity index is 2.06. The fourth-order valence-corrected chi connectivity index (χ4v) is 3.12. The van der Waals surface area contributed by atoms with Crippen molar-refractivity contribution in [3.8, 4) is 11.5 Å². The summed E-state index contributed by atoms with van der Waals surface area (Å²) in [4.78, 5) is 0. The van der Waals surface area contributed by atoms with E-state index < -0.39 is 0 Å². The molecule has 0 radical (unpaired) electrons. The van der Waals surface area contributed by atoms with E-state index in [9.17, 15) is 0 Å². The van der Waals surface area contributed by atoms with Crippen LogP contribution in [-0.4, -0.2) is 25.4 Å². The third-order valence-electron chi connectivity index (χ3n) is 3.84. The van der Waals surface area contributed by atoms with Gasteiger partial charge in [0.25, 0.3) is 0 Å². The highest BCUT2D eigenvalue weighted by Gasteiger charge is 2.13. The molecule has 0 saturated carbocycles. The summed E-state index contributed by atoms with van der Waals surface area (Å²) >= 11 is 18.7. The summed E-state index contributed by atoms with van der Waals surface area (Å²) < 4.78 is 11.3. The zero-order valence-electron chi connectivity index (χ0n) is 14.5. The van der Waals surface area contributed by atoms with Gasteiger partial charge >= 0.3 is 0 Å². The average Bonchev–Trinajstić information content (AvgIpc) is 2.62. The summed E-state index contributed by atoms with van der Waals surface area (Å²) in [6.45, 7) is 1.83. The van der Waals surface area contributed by atoms with Crippen LogP contribution in [0, 0.1) is 0 Å². The molecule has 0 aliphatic heterocycles. The number of unbranched alkanes of at least 4 members (excludes halogenated alkanes) is 1. The van der Waals surface area contributed by atoms with Crippen LogP contribution < -0.4 is 14.8 Å². The minimum absolute atomic E-state index is 0.206. The Morgan fingerprint density at radius 3 is 2.38 bits per heavy atom. The molecule has 0 amide bonds. The summed E-state index contributed by atoms with van der Waals surface area (Å²) in [7, 11) is 1.58. The number of ether oxygens (including phenoxy) is 2. The first-order valence-electron chi connectivity index (χ1n) is 8.30. The molecule has 26 heavy (non-hydrogen) atoms. The molecule has 142 valence electrons. The van der Waals surface area contributed by atoms with E-state index in [4.69, 9.17) is 49.4 Å². The molecule has 0 unspecified atom stereocenters. The molecule has 4 nitrogen and oxygen atoms in total. The molecule has 0 aliphatic rings. The van der Waals surface area contributed by atoms with E-state index in [1.165, 1.54) is 0 Å². The van der Waals surface area contributed by atoms with Gasteiger partial charge in [0.15, 0.2) is 11.5 Å². The van der Waals surface area contributed by atoms with Crippen molar-refractivity contribution in [3.63, 3.8) is 0 Å². The first-order chi connectivity index (χ1) is 12.6. The molecule has 2 aromatic rings. The minimum Gasteiger partial charge on any atom is -0.493 e. The molecule has 2 aromatic carbocycles. The van der Waals surface area contributed by atoms with Gasteiger partial charge in [-0.25, -0.2) is 0 Å². The molecule has 0 aliphatic carbocycles. The van der Waals surface area contributed by atoms with Gasteiger partial charge in [0.05, 0.1) is 7.11 Å². The van der Waals surface area contributed by atoms with Crippen molar-refractivity contribution in [3.05, 3.63) is 56.5 Å². The molecule has 0 heterocycles. The Kier molecular flexibility index (Phi) is 8.82. The van der Waals surface area contributed by atoms with Crippen LogP contribution in [0.5, 0.6) is 11.5 Å². The number of nitrogens with one attached hydrogen (secondary N) is 1. The van der Waals surface area contributed by atoms with Gasteiger partial charge in [-0.2, -0.15) is 0 Å². The first kappa shape index (κ1) is 21.1. The van der Waals surface area contributed by atoms with Crippen molar-refractivity contribution in [1.82, 2.24) is 5.32 Å². The summed E-state index contributed by atoms with van der Waals surface area (Å²) in [5.41, 5.74) is 1.62. The van der Waals surface area contributed by atoms with Crippen molar-refractivity contribution in [2.75, 3.05) is 20.3 Å². The topological polar surface area (TPSA) is 50.7 Å². The van der Waals surface area contributed by atoms with E-state index in [2.05, 4.69) is 5.32 Å². The van der Waals surface area contributed by atoms with Gasteiger partial charge in [0.1, 0.15) is 6.61 Å². The Hall–Kier alpha value is -1.17. The van der Waals surface area contributed by atoms with Gasteiger partial charge in [0.2, 0.25) is 0 Å². The molecule has 0 saturated heterocycles. The van der Waals surface area contributed by atoms with Gasteiger partial charge in [-0.3, -0.25) is 0 Å². The summed E-state index contributed by atoms with van der Waals surface area (Å²) in [6, 6.07) is 8.90. The molecule has 2 rings (SSSR count). The Bertz CT molecular complexity index is 705. The van der Waals surface area contributed by atoms with Crippen LogP contribution in [0.1, 0.15) is 24.0 Å². The van der Waals surface area contributed by atoms with Crippen LogP contribution in [0.15, 0.2) is 30.3 Å². The molecular weight excluding hydrogens is 397 g/mol. The molecule has 7 heteroatoms. The molecule has 0 fully saturated rings. The number of hydrogen-bond acceptors (Lipinski definition) is 4. The van der Waals surface area contributed by atoms with Crippen molar-refractivity contribution in [2.24, 2.45) is 0 Å². The molecule has 0 bridgehead atoms.